The second-order valence-corrected chi connectivity index (χ2v) is 4.63. The van der Waals surface area contributed by atoms with E-state index < -0.39 is 5.95 Å². The molecule has 0 radical (unpaired) electrons. The third-order valence-corrected chi connectivity index (χ3v) is 3.16. The summed E-state index contributed by atoms with van der Waals surface area (Å²) in [5, 5.41) is 2.84. The van der Waals surface area contributed by atoms with Gasteiger partial charge >= 0.3 is 0 Å². The number of aromatic nitrogens is 1. The summed E-state index contributed by atoms with van der Waals surface area (Å²) < 4.78 is 13.0. The first-order valence-corrected chi connectivity index (χ1v) is 6.24. The maximum absolute atomic E-state index is 13.0. The number of nitrogens with zero attached hydrogens (tertiary/aromatic N) is 2. The van der Waals surface area contributed by atoms with Gasteiger partial charge < -0.3 is 10.2 Å². The molecule has 0 aromatic carbocycles. The Balaban J connectivity index is 1.94. The van der Waals surface area contributed by atoms with Crippen molar-refractivity contribution in [1.29, 1.82) is 0 Å². The molecule has 1 aliphatic heterocycles. The lowest BCUT2D eigenvalue weighted by Gasteiger charge is -2.32. The average molecular weight is 265 g/mol. The van der Waals surface area contributed by atoms with E-state index in [0.717, 1.165) is 18.9 Å². The fourth-order valence-corrected chi connectivity index (χ4v) is 2.23. The molecule has 1 N–H and O–H groups in total. The van der Waals surface area contributed by atoms with E-state index in [1.54, 1.807) is 4.90 Å². The molecule has 2 rings (SSSR count). The van der Waals surface area contributed by atoms with Crippen molar-refractivity contribution in [3.05, 3.63) is 29.8 Å². The zero-order valence-electron chi connectivity index (χ0n) is 10.7. The Morgan fingerprint density at radius 1 is 1.42 bits per heavy atom. The molecule has 1 aromatic rings. The molecule has 1 aromatic heterocycles. The summed E-state index contributed by atoms with van der Waals surface area (Å²) in [5.41, 5.74) is 0.311. The van der Waals surface area contributed by atoms with Gasteiger partial charge in [0.05, 0.1) is 0 Å². The Kier molecular flexibility index (Phi) is 4.09. The van der Waals surface area contributed by atoms with E-state index in [4.69, 9.17) is 0 Å². The van der Waals surface area contributed by atoms with Crippen molar-refractivity contribution in [2.75, 3.05) is 13.1 Å². The maximum atomic E-state index is 13.0. The number of piperidine rings is 1. The van der Waals surface area contributed by atoms with Crippen molar-refractivity contribution in [1.82, 2.24) is 15.2 Å². The number of halogens is 1. The van der Waals surface area contributed by atoms with Gasteiger partial charge in [0.2, 0.25) is 11.9 Å². The van der Waals surface area contributed by atoms with Gasteiger partial charge in [-0.1, -0.05) is 0 Å². The van der Waals surface area contributed by atoms with Gasteiger partial charge in [-0.3, -0.25) is 9.59 Å². The largest absolute Gasteiger partial charge is 0.353 e. The monoisotopic (exact) mass is 265 g/mol. The van der Waals surface area contributed by atoms with Crippen molar-refractivity contribution in [3.8, 4) is 0 Å². The van der Waals surface area contributed by atoms with Crippen LogP contribution >= 0.6 is 0 Å². The summed E-state index contributed by atoms with van der Waals surface area (Å²) in [6, 6.07) is 2.77. The average Bonchev–Trinajstić information content (AvgIpc) is 2.38. The molecule has 102 valence electrons. The summed E-state index contributed by atoms with van der Waals surface area (Å²) in [6.45, 7) is 2.61. The molecular weight excluding hydrogens is 249 g/mol. The van der Waals surface area contributed by atoms with Crippen LogP contribution in [0.2, 0.25) is 0 Å². The first kappa shape index (κ1) is 13.5. The minimum Gasteiger partial charge on any atom is -0.353 e. The lowest BCUT2D eigenvalue weighted by molar-refractivity contribution is -0.119. The van der Waals surface area contributed by atoms with E-state index in [9.17, 15) is 14.0 Å². The molecule has 0 unspecified atom stereocenters. The van der Waals surface area contributed by atoms with Crippen LogP contribution in [0.15, 0.2) is 18.3 Å². The van der Waals surface area contributed by atoms with Crippen molar-refractivity contribution in [2.45, 2.75) is 25.8 Å². The lowest BCUT2D eigenvalue weighted by atomic mass is 10.0. The molecule has 2 heterocycles. The van der Waals surface area contributed by atoms with Gasteiger partial charge in [0.1, 0.15) is 0 Å². The Labute approximate surface area is 110 Å². The second kappa shape index (κ2) is 5.77. The number of rotatable bonds is 2. The Morgan fingerprint density at radius 3 is 2.68 bits per heavy atom. The van der Waals surface area contributed by atoms with Gasteiger partial charge in [0.15, 0.2) is 0 Å². The molecule has 19 heavy (non-hydrogen) atoms. The summed E-state index contributed by atoms with van der Waals surface area (Å²) >= 11 is 0. The van der Waals surface area contributed by atoms with Crippen LogP contribution in [0, 0.1) is 5.95 Å². The minimum atomic E-state index is -0.654. The van der Waals surface area contributed by atoms with Gasteiger partial charge in [-0.2, -0.15) is 4.39 Å². The molecule has 2 amide bonds. The van der Waals surface area contributed by atoms with Crippen LogP contribution in [0.4, 0.5) is 4.39 Å². The number of pyridine rings is 1. The van der Waals surface area contributed by atoms with E-state index in [-0.39, 0.29) is 17.9 Å². The van der Waals surface area contributed by atoms with Crippen LogP contribution in [0.1, 0.15) is 30.1 Å². The highest BCUT2D eigenvalue weighted by Crippen LogP contribution is 2.14. The zero-order valence-corrected chi connectivity index (χ0v) is 10.7. The Morgan fingerprint density at radius 2 is 2.11 bits per heavy atom. The van der Waals surface area contributed by atoms with Crippen molar-refractivity contribution in [2.24, 2.45) is 0 Å². The molecule has 0 atom stereocenters. The molecule has 6 heteroatoms. The fraction of sp³-hybridized carbons (Fsp3) is 0.462. The topological polar surface area (TPSA) is 62.3 Å². The first-order chi connectivity index (χ1) is 9.06. The molecule has 1 aliphatic rings. The third-order valence-electron chi connectivity index (χ3n) is 3.16. The fourth-order valence-electron chi connectivity index (χ4n) is 2.23. The second-order valence-electron chi connectivity index (χ2n) is 4.63. The summed E-state index contributed by atoms with van der Waals surface area (Å²) in [5.74, 6) is -0.900. The summed E-state index contributed by atoms with van der Waals surface area (Å²) in [7, 11) is 0. The smallest absolute Gasteiger partial charge is 0.254 e. The van der Waals surface area contributed by atoms with Gasteiger partial charge in [-0.25, -0.2) is 4.98 Å². The van der Waals surface area contributed by atoms with E-state index in [0.29, 0.717) is 18.7 Å². The standard InChI is InChI=1S/C13H16FN3O2/c1-9(18)16-11-3-6-17(7-4-11)13(19)10-2-5-15-12(14)8-10/h2,5,8,11H,3-4,6-7H2,1H3,(H,16,18). The van der Waals surface area contributed by atoms with Crippen LogP contribution in [0.3, 0.4) is 0 Å². The molecule has 5 nitrogen and oxygen atoms in total. The van der Waals surface area contributed by atoms with Gasteiger partial charge in [0.25, 0.3) is 5.91 Å². The highest BCUT2D eigenvalue weighted by atomic mass is 19.1. The molecule has 0 aliphatic carbocycles. The predicted molar refractivity (Wildman–Crippen MR) is 66.9 cm³/mol. The Bertz CT molecular complexity index is 485. The van der Waals surface area contributed by atoms with E-state index in [1.807, 2.05) is 0 Å². The van der Waals surface area contributed by atoms with Crippen LogP contribution in [-0.2, 0) is 4.79 Å². The molecule has 0 saturated carbocycles. The number of amides is 2. The number of likely N-dealkylation sites (tertiary alicyclic amines) is 1. The summed E-state index contributed by atoms with van der Waals surface area (Å²) in [6.07, 6.45) is 2.73. The lowest BCUT2D eigenvalue weighted by Crippen LogP contribution is -2.46. The molecule has 1 saturated heterocycles. The minimum absolute atomic E-state index is 0.0546. The molecule has 0 spiro atoms. The van der Waals surface area contributed by atoms with Crippen molar-refractivity contribution >= 4 is 11.8 Å². The summed E-state index contributed by atoms with van der Waals surface area (Å²) in [4.78, 5) is 28.2. The van der Waals surface area contributed by atoms with Crippen molar-refractivity contribution in [3.63, 3.8) is 0 Å². The van der Waals surface area contributed by atoms with Gasteiger partial charge in [0, 0.05) is 43.9 Å². The molecule has 1 fully saturated rings. The molecule has 0 bridgehead atoms. The zero-order chi connectivity index (χ0) is 13.8. The van der Waals surface area contributed by atoms with Crippen LogP contribution < -0.4 is 5.32 Å². The highest BCUT2D eigenvalue weighted by molar-refractivity contribution is 5.94. The predicted octanol–water partition coefficient (Wildman–Crippen LogP) is 0.961. The molecular formula is C13H16FN3O2. The van der Waals surface area contributed by atoms with Gasteiger partial charge in [-0.15, -0.1) is 0 Å². The van der Waals surface area contributed by atoms with Crippen LogP contribution in [0.25, 0.3) is 0 Å². The van der Waals surface area contributed by atoms with Gasteiger partial charge in [-0.05, 0) is 18.9 Å². The maximum Gasteiger partial charge on any atom is 0.254 e. The van der Waals surface area contributed by atoms with E-state index in [1.165, 1.54) is 19.2 Å². The van der Waals surface area contributed by atoms with Crippen LogP contribution in [0.5, 0.6) is 0 Å². The van der Waals surface area contributed by atoms with Crippen LogP contribution in [-0.4, -0.2) is 40.8 Å². The van der Waals surface area contributed by atoms with E-state index >= 15 is 0 Å². The number of carbonyl (C=O) groups is 2. The van der Waals surface area contributed by atoms with Crippen molar-refractivity contribution < 1.29 is 14.0 Å². The number of hydrogen-bond donors (Lipinski definition) is 1. The first-order valence-electron chi connectivity index (χ1n) is 6.24. The quantitative estimate of drug-likeness (QED) is 0.810. The number of hydrogen-bond acceptors (Lipinski definition) is 3. The third kappa shape index (κ3) is 3.49. The van der Waals surface area contributed by atoms with E-state index in [2.05, 4.69) is 10.3 Å². The highest BCUT2D eigenvalue weighted by Gasteiger charge is 2.24. The number of carbonyl (C=O) groups excluding carboxylic acids is 2. The normalized spacial score (nSPS) is 16.2. The Hall–Kier alpha value is -1.98. The number of nitrogens with one attached hydrogen (secondary N) is 1. The SMILES string of the molecule is CC(=O)NC1CCN(C(=O)c2ccnc(F)c2)CC1.